The average molecular weight is 477 g/mol. The molecule has 160 valence electrons. The maximum Gasteiger partial charge on any atom is 0.196 e. The molecule has 0 spiro atoms. The Morgan fingerprint density at radius 3 is 2.66 bits per heavy atom. The zero-order valence-corrected chi connectivity index (χ0v) is 20.0. The molecule has 0 bridgehead atoms. The van der Waals surface area contributed by atoms with Gasteiger partial charge in [0.2, 0.25) is 0 Å². The van der Waals surface area contributed by atoms with E-state index in [9.17, 15) is 0 Å². The molecule has 0 unspecified atom stereocenters. The third kappa shape index (κ3) is 4.21. The highest BCUT2D eigenvalue weighted by Gasteiger charge is 2.20. The number of hydrogen-bond donors (Lipinski definition) is 0. The molecule has 8 heteroatoms. The van der Waals surface area contributed by atoms with Crippen LogP contribution in [0.2, 0.25) is 0 Å². The molecule has 0 fully saturated rings. The van der Waals surface area contributed by atoms with Crippen LogP contribution < -0.4 is 4.74 Å². The standard InChI is InChI=1S/C24H20N4OS3/c1-16-10-11-20(29-2)19(13-16)28-22(21-9-6-12-30-21)26-27-24(28)32-15-18-14-31-23(25-18)17-7-4-3-5-8-17/h3-14H,15H2,1-2H3. The lowest BCUT2D eigenvalue weighted by atomic mass is 10.2. The summed E-state index contributed by atoms with van der Waals surface area (Å²) in [5.41, 5.74) is 4.25. The number of aryl methyl sites for hydroxylation is 1. The average Bonchev–Trinajstić information content (AvgIpc) is 3.59. The second-order valence-electron chi connectivity index (χ2n) is 7.09. The first kappa shape index (κ1) is 20.9. The molecule has 3 heterocycles. The van der Waals surface area contributed by atoms with Crippen molar-refractivity contribution in [1.29, 1.82) is 0 Å². The smallest absolute Gasteiger partial charge is 0.196 e. The van der Waals surface area contributed by atoms with Crippen molar-refractivity contribution in [2.75, 3.05) is 7.11 Å². The van der Waals surface area contributed by atoms with E-state index in [1.165, 1.54) is 0 Å². The van der Waals surface area contributed by atoms with Crippen molar-refractivity contribution >= 4 is 34.4 Å². The molecule has 5 rings (SSSR count). The molecule has 0 amide bonds. The maximum atomic E-state index is 5.67. The fourth-order valence-corrected chi connectivity index (χ4v) is 5.81. The van der Waals surface area contributed by atoms with Crippen LogP contribution in [-0.4, -0.2) is 26.9 Å². The quantitative estimate of drug-likeness (QED) is 0.244. The normalized spacial score (nSPS) is 11.1. The first-order valence-electron chi connectivity index (χ1n) is 10.00. The van der Waals surface area contributed by atoms with Gasteiger partial charge >= 0.3 is 0 Å². The molecular formula is C24H20N4OS3. The van der Waals surface area contributed by atoms with E-state index >= 15 is 0 Å². The minimum atomic E-state index is 0.708. The van der Waals surface area contributed by atoms with Crippen LogP contribution in [-0.2, 0) is 5.75 Å². The van der Waals surface area contributed by atoms with Gasteiger partial charge < -0.3 is 4.74 Å². The molecule has 32 heavy (non-hydrogen) atoms. The van der Waals surface area contributed by atoms with Crippen LogP contribution in [0, 0.1) is 6.92 Å². The van der Waals surface area contributed by atoms with E-state index < -0.39 is 0 Å². The van der Waals surface area contributed by atoms with Crippen molar-refractivity contribution in [3.63, 3.8) is 0 Å². The number of hydrogen-bond acceptors (Lipinski definition) is 7. The predicted molar refractivity (Wildman–Crippen MR) is 133 cm³/mol. The molecule has 0 radical (unpaired) electrons. The van der Waals surface area contributed by atoms with E-state index in [0.29, 0.717) is 5.75 Å². The molecule has 0 atom stereocenters. The fourth-order valence-electron chi connectivity index (χ4n) is 3.35. The van der Waals surface area contributed by atoms with E-state index in [1.54, 1.807) is 41.5 Å². The Labute approximate surface area is 198 Å². The maximum absolute atomic E-state index is 5.67. The van der Waals surface area contributed by atoms with Crippen molar-refractivity contribution in [2.24, 2.45) is 0 Å². The number of methoxy groups -OCH3 is 1. The molecule has 5 aromatic rings. The van der Waals surface area contributed by atoms with Gasteiger partial charge in [0.25, 0.3) is 0 Å². The van der Waals surface area contributed by atoms with Gasteiger partial charge in [0.05, 0.1) is 23.4 Å². The van der Waals surface area contributed by atoms with Crippen LogP contribution >= 0.6 is 34.4 Å². The Balaban J connectivity index is 1.49. The Hall–Kier alpha value is -2.94. The van der Waals surface area contributed by atoms with Gasteiger partial charge in [-0.25, -0.2) is 4.98 Å². The topological polar surface area (TPSA) is 52.8 Å². The molecular weight excluding hydrogens is 456 g/mol. The molecule has 0 aliphatic carbocycles. The van der Waals surface area contributed by atoms with Crippen molar-refractivity contribution < 1.29 is 4.74 Å². The summed E-state index contributed by atoms with van der Waals surface area (Å²) in [6.45, 7) is 2.07. The second-order valence-corrected chi connectivity index (χ2v) is 9.84. The minimum absolute atomic E-state index is 0.708. The van der Waals surface area contributed by atoms with Crippen molar-refractivity contribution in [1.82, 2.24) is 19.7 Å². The third-order valence-corrected chi connectivity index (χ3v) is 7.64. The first-order chi connectivity index (χ1) is 15.7. The number of nitrogens with zero attached hydrogens (tertiary/aromatic N) is 4. The molecule has 0 saturated carbocycles. The SMILES string of the molecule is COc1ccc(C)cc1-n1c(SCc2csc(-c3ccccc3)n2)nnc1-c1cccs1. The Morgan fingerprint density at radius 2 is 1.88 bits per heavy atom. The summed E-state index contributed by atoms with van der Waals surface area (Å²) in [5, 5.41) is 15.1. The van der Waals surface area contributed by atoms with Gasteiger partial charge in [0, 0.05) is 16.7 Å². The second kappa shape index (κ2) is 9.28. The van der Waals surface area contributed by atoms with Gasteiger partial charge in [-0.2, -0.15) is 0 Å². The number of aromatic nitrogens is 4. The van der Waals surface area contributed by atoms with Crippen LogP contribution in [0.5, 0.6) is 5.75 Å². The van der Waals surface area contributed by atoms with E-state index in [2.05, 4.69) is 56.7 Å². The summed E-state index contributed by atoms with van der Waals surface area (Å²) >= 11 is 4.94. The van der Waals surface area contributed by atoms with Crippen molar-refractivity contribution in [3.05, 3.63) is 82.7 Å². The summed E-state index contributed by atoms with van der Waals surface area (Å²) in [4.78, 5) is 5.88. The minimum Gasteiger partial charge on any atom is -0.495 e. The molecule has 0 aliphatic heterocycles. The van der Waals surface area contributed by atoms with Crippen LogP contribution in [0.25, 0.3) is 27.0 Å². The van der Waals surface area contributed by atoms with Crippen LogP contribution in [0.3, 0.4) is 0 Å². The van der Waals surface area contributed by atoms with Gasteiger partial charge in [0.15, 0.2) is 11.0 Å². The van der Waals surface area contributed by atoms with E-state index in [1.807, 2.05) is 36.4 Å². The molecule has 0 saturated heterocycles. The van der Waals surface area contributed by atoms with Gasteiger partial charge in [-0.1, -0.05) is 54.2 Å². The first-order valence-corrected chi connectivity index (χ1v) is 12.7. The van der Waals surface area contributed by atoms with E-state index in [0.717, 1.165) is 49.1 Å². The van der Waals surface area contributed by atoms with Gasteiger partial charge in [-0.15, -0.1) is 32.9 Å². The Kier molecular flexibility index (Phi) is 6.07. The largest absolute Gasteiger partial charge is 0.495 e. The monoisotopic (exact) mass is 476 g/mol. The molecule has 2 aromatic carbocycles. The molecule has 3 aromatic heterocycles. The molecule has 0 N–H and O–H groups in total. The number of benzene rings is 2. The van der Waals surface area contributed by atoms with Crippen LogP contribution in [0.15, 0.2) is 76.6 Å². The zero-order chi connectivity index (χ0) is 21.9. The van der Waals surface area contributed by atoms with Gasteiger partial charge in [-0.3, -0.25) is 4.57 Å². The molecule has 0 aliphatic rings. The number of thiazole rings is 1. The summed E-state index contributed by atoms with van der Waals surface area (Å²) in [7, 11) is 1.69. The van der Waals surface area contributed by atoms with E-state index in [4.69, 9.17) is 9.72 Å². The Bertz CT molecular complexity index is 1330. The highest BCUT2D eigenvalue weighted by molar-refractivity contribution is 7.98. The lowest BCUT2D eigenvalue weighted by molar-refractivity contribution is 0.412. The predicted octanol–water partition coefficient (Wildman–Crippen LogP) is 6.73. The summed E-state index contributed by atoms with van der Waals surface area (Å²) in [6.07, 6.45) is 0. The number of ether oxygens (including phenoxy) is 1. The van der Waals surface area contributed by atoms with Crippen LogP contribution in [0.1, 0.15) is 11.3 Å². The highest BCUT2D eigenvalue weighted by atomic mass is 32.2. The fraction of sp³-hybridized carbons (Fsp3) is 0.125. The van der Waals surface area contributed by atoms with Crippen molar-refractivity contribution in [3.8, 4) is 32.7 Å². The van der Waals surface area contributed by atoms with Crippen LogP contribution in [0.4, 0.5) is 0 Å². The zero-order valence-electron chi connectivity index (χ0n) is 17.6. The van der Waals surface area contributed by atoms with Crippen molar-refractivity contribution in [2.45, 2.75) is 17.8 Å². The Morgan fingerprint density at radius 1 is 1.00 bits per heavy atom. The lowest BCUT2D eigenvalue weighted by Crippen LogP contribution is -2.02. The highest BCUT2D eigenvalue weighted by Crippen LogP contribution is 2.36. The summed E-state index contributed by atoms with van der Waals surface area (Å²) < 4.78 is 7.76. The van der Waals surface area contributed by atoms with Gasteiger partial charge in [-0.05, 0) is 36.1 Å². The third-order valence-electron chi connectivity index (χ3n) is 4.87. The number of thioether (sulfide) groups is 1. The molecule has 5 nitrogen and oxygen atoms in total. The summed E-state index contributed by atoms with van der Waals surface area (Å²) in [5.74, 6) is 2.31. The summed E-state index contributed by atoms with van der Waals surface area (Å²) in [6, 6.07) is 20.5. The lowest BCUT2D eigenvalue weighted by Gasteiger charge is -2.14. The van der Waals surface area contributed by atoms with Gasteiger partial charge in [0.1, 0.15) is 10.8 Å². The van der Waals surface area contributed by atoms with E-state index in [-0.39, 0.29) is 0 Å². The number of thiophene rings is 1. The number of rotatable bonds is 7.